The molecule has 0 aliphatic rings. The number of halogens is 2. The Morgan fingerprint density at radius 1 is 1.47 bits per heavy atom. The fraction of sp³-hybridized carbons (Fsp3) is 0.600. The van der Waals surface area contributed by atoms with Crippen LogP contribution in [-0.2, 0) is 16.1 Å². The third kappa shape index (κ3) is 3.46. The van der Waals surface area contributed by atoms with Gasteiger partial charge >= 0.3 is 5.97 Å². The molecule has 0 aromatic carbocycles. The number of primary amides is 1. The molecule has 1 aromatic rings. The second-order valence-corrected chi connectivity index (χ2v) is 3.83. The van der Waals surface area contributed by atoms with E-state index >= 15 is 0 Å². The Morgan fingerprint density at radius 2 is 2.11 bits per heavy atom. The quantitative estimate of drug-likeness (QED) is 0.763. The van der Waals surface area contributed by atoms with E-state index in [1.807, 2.05) is 0 Å². The average molecular weight is 276 g/mol. The summed E-state index contributed by atoms with van der Waals surface area (Å²) in [4.78, 5) is 22.3. The zero-order chi connectivity index (χ0) is 14.6. The van der Waals surface area contributed by atoms with E-state index in [4.69, 9.17) is 5.73 Å². The summed E-state index contributed by atoms with van der Waals surface area (Å²) >= 11 is 0. The Bertz CT molecular complexity index is 475. The van der Waals surface area contributed by atoms with Crippen molar-refractivity contribution in [2.45, 2.75) is 26.8 Å². The van der Waals surface area contributed by atoms with Crippen LogP contribution in [0.1, 0.15) is 36.5 Å². The summed E-state index contributed by atoms with van der Waals surface area (Å²) in [6.45, 7) is 2.86. The Hall–Kier alpha value is -2.06. The monoisotopic (exact) mass is 276 g/mol. The van der Waals surface area contributed by atoms with Crippen LogP contribution in [-0.4, -0.2) is 33.5 Å². The van der Waals surface area contributed by atoms with Gasteiger partial charge in [-0.05, 0) is 6.92 Å². The number of carbonyl (C=O) groups excluding carboxylic acids is 2. The molecular weight excluding hydrogens is 262 g/mol. The number of nitrogens with two attached hydrogens (primary N) is 1. The number of hydrogen-bond acceptors (Lipinski definition) is 5. The van der Waals surface area contributed by atoms with Gasteiger partial charge in [0.1, 0.15) is 5.69 Å². The highest BCUT2D eigenvalue weighted by Crippen LogP contribution is 2.22. The first-order chi connectivity index (χ1) is 8.88. The molecule has 0 saturated carbocycles. The molecule has 19 heavy (non-hydrogen) atoms. The summed E-state index contributed by atoms with van der Waals surface area (Å²) in [5, 5.41) is 6.82. The van der Waals surface area contributed by atoms with Gasteiger partial charge in [-0.1, -0.05) is 12.1 Å². The minimum absolute atomic E-state index is 0.0338. The van der Waals surface area contributed by atoms with Crippen LogP contribution < -0.4 is 5.73 Å². The summed E-state index contributed by atoms with van der Waals surface area (Å²) in [6, 6.07) is 0. The molecule has 0 fully saturated rings. The maximum absolute atomic E-state index is 12.9. The van der Waals surface area contributed by atoms with E-state index in [2.05, 4.69) is 15.0 Å². The molecule has 1 rings (SSSR count). The molecular formula is C10H14F2N4O3. The van der Waals surface area contributed by atoms with Crippen molar-refractivity contribution in [2.24, 2.45) is 11.7 Å². The number of nitrogens with zero attached hydrogens (tertiary/aromatic N) is 3. The second kappa shape index (κ2) is 6.21. The summed E-state index contributed by atoms with van der Waals surface area (Å²) in [5.74, 6) is -2.35. The molecule has 0 bridgehead atoms. The molecule has 0 saturated heterocycles. The van der Waals surface area contributed by atoms with E-state index in [1.54, 1.807) is 6.92 Å². The molecule has 7 nitrogen and oxygen atoms in total. The van der Waals surface area contributed by atoms with E-state index in [0.717, 1.165) is 4.68 Å². The van der Waals surface area contributed by atoms with Gasteiger partial charge in [0.05, 0.1) is 19.1 Å². The van der Waals surface area contributed by atoms with Gasteiger partial charge in [0.25, 0.3) is 6.43 Å². The average Bonchev–Trinajstić information content (AvgIpc) is 2.72. The van der Waals surface area contributed by atoms with Gasteiger partial charge in [-0.3, -0.25) is 4.79 Å². The first-order valence-electron chi connectivity index (χ1n) is 5.56. The molecule has 1 atom stereocenters. The van der Waals surface area contributed by atoms with Gasteiger partial charge in [-0.25, -0.2) is 18.3 Å². The normalized spacial score (nSPS) is 12.5. The Labute approximate surface area is 107 Å². The Morgan fingerprint density at radius 3 is 2.58 bits per heavy atom. The Kier molecular flexibility index (Phi) is 4.90. The molecule has 0 spiro atoms. The number of esters is 1. The maximum Gasteiger partial charge on any atom is 0.361 e. The fourth-order valence-electron chi connectivity index (χ4n) is 1.37. The summed E-state index contributed by atoms with van der Waals surface area (Å²) in [7, 11) is 0. The second-order valence-electron chi connectivity index (χ2n) is 3.83. The van der Waals surface area contributed by atoms with Crippen molar-refractivity contribution in [3.63, 3.8) is 0 Å². The van der Waals surface area contributed by atoms with E-state index < -0.39 is 35.6 Å². The van der Waals surface area contributed by atoms with E-state index in [0.29, 0.717) is 0 Å². The van der Waals surface area contributed by atoms with Gasteiger partial charge in [0.15, 0.2) is 5.69 Å². The first kappa shape index (κ1) is 15.0. The van der Waals surface area contributed by atoms with Crippen molar-refractivity contribution >= 4 is 11.9 Å². The standard InChI is InChI=1S/C10H14F2N4O3/c1-3-19-10(18)6-7(8(11)12)16(15-14-6)4-5(2)9(13)17/h5,8H,3-4H2,1-2H3,(H2,13,17). The maximum atomic E-state index is 12.9. The molecule has 2 N–H and O–H groups in total. The largest absolute Gasteiger partial charge is 0.461 e. The van der Waals surface area contributed by atoms with Crippen molar-refractivity contribution < 1.29 is 23.1 Å². The molecule has 0 radical (unpaired) electrons. The molecule has 0 aliphatic heterocycles. The van der Waals surface area contributed by atoms with Gasteiger partial charge in [-0.2, -0.15) is 0 Å². The topological polar surface area (TPSA) is 100 Å². The highest BCUT2D eigenvalue weighted by atomic mass is 19.3. The van der Waals surface area contributed by atoms with Gasteiger partial charge in [0.2, 0.25) is 5.91 Å². The minimum Gasteiger partial charge on any atom is -0.461 e. The highest BCUT2D eigenvalue weighted by molar-refractivity contribution is 5.88. The lowest BCUT2D eigenvalue weighted by atomic mass is 10.1. The van der Waals surface area contributed by atoms with Gasteiger partial charge in [-0.15, -0.1) is 5.10 Å². The van der Waals surface area contributed by atoms with Crippen LogP contribution in [0.25, 0.3) is 0 Å². The zero-order valence-corrected chi connectivity index (χ0v) is 10.5. The summed E-state index contributed by atoms with van der Waals surface area (Å²) in [6.07, 6.45) is -2.96. The molecule has 1 aromatic heterocycles. The Balaban J connectivity index is 3.06. The van der Waals surface area contributed by atoms with Crippen LogP contribution in [0.3, 0.4) is 0 Å². The summed E-state index contributed by atoms with van der Waals surface area (Å²) in [5.41, 5.74) is 3.82. The van der Waals surface area contributed by atoms with Crippen molar-refractivity contribution in [2.75, 3.05) is 6.61 Å². The van der Waals surface area contributed by atoms with Crippen LogP contribution in [0.5, 0.6) is 0 Å². The third-order valence-corrected chi connectivity index (χ3v) is 2.38. The number of amides is 1. The lowest BCUT2D eigenvalue weighted by Crippen LogP contribution is -2.26. The van der Waals surface area contributed by atoms with Crippen molar-refractivity contribution in [1.82, 2.24) is 15.0 Å². The highest BCUT2D eigenvalue weighted by Gasteiger charge is 2.28. The predicted molar refractivity (Wildman–Crippen MR) is 59.3 cm³/mol. The lowest BCUT2D eigenvalue weighted by molar-refractivity contribution is -0.121. The SMILES string of the molecule is CCOC(=O)c1nnn(CC(C)C(N)=O)c1C(F)F. The van der Waals surface area contributed by atoms with Crippen LogP contribution in [0.2, 0.25) is 0 Å². The number of hydrogen-bond donors (Lipinski definition) is 1. The van der Waals surface area contributed by atoms with Crippen molar-refractivity contribution in [1.29, 1.82) is 0 Å². The van der Waals surface area contributed by atoms with Crippen LogP contribution in [0.4, 0.5) is 8.78 Å². The number of aromatic nitrogens is 3. The van der Waals surface area contributed by atoms with Crippen LogP contribution in [0.15, 0.2) is 0 Å². The van der Waals surface area contributed by atoms with Crippen LogP contribution in [0, 0.1) is 5.92 Å². The molecule has 1 unspecified atom stereocenters. The smallest absolute Gasteiger partial charge is 0.361 e. The van der Waals surface area contributed by atoms with E-state index in [-0.39, 0.29) is 13.2 Å². The van der Waals surface area contributed by atoms with E-state index in [9.17, 15) is 18.4 Å². The third-order valence-electron chi connectivity index (χ3n) is 2.38. The van der Waals surface area contributed by atoms with E-state index in [1.165, 1.54) is 6.92 Å². The molecule has 9 heteroatoms. The summed E-state index contributed by atoms with van der Waals surface area (Å²) < 4.78 is 31.3. The first-order valence-corrected chi connectivity index (χ1v) is 5.56. The van der Waals surface area contributed by atoms with Crippen molar-refractivity contribution in [3.8, 4) is 0 Å². The number of carbonyl (C=O) groups is 2. The number of ether oxygens (including phenoxy) is 1. The molecule has 1 amide bonds. The predicted octanol–water partition coefficient (Wildman–Crippen LogP) is 0.514. The van der Waals surface area contributed by atoms with Crippen LogP contribution >= 0.6 is 0 Å². The molecule has 106 valence electrons. The number of alkyl halides is 2. The fourth-order valence-corrected chi connectivity index (χ4v) is 1.37. The molecule has 1 heterocycles. The minimum atomic E-state index is -2.96. The number of rotatable bonds is 6. The molecule has 0 aliphatic carbocycles. The van der Waals surface area contributed by atoms with Gasteiger partial charge in [0, 0.05) is 0 Å². The lowest BCUT2D eigenvalue weighted by Gasteiger charge is -2.10. The van der Waals surface area contributed by atoms with Crippen molar-refractivity contribution in [3.05, 3.63) is 11.4 Å². The van der Waals surface area contributed by atoms with Gasteiger partial charge < -0.3 is 10.5 Å². The zero-order valence-electron chi connectivity index (χ0n) is 10.5.